The number of halogens is 9. The Balaban J connectivity index is 3.50. The quantitative estimate of drug-likeness (QED) is 0.408. The van der Waals surface area contributed by atoms with Crippen molar-refractivity contribution < 1.29 is 39.9 Å². The van der Waals surface area contributed by atoms with Crippen molar-refractivity contribution in [3.8, 4) is 5.88 Å². The van der Waals surface area contributed by atoms with E-state index in [9.17, 15) is 35.1 Å². The summed E-state index contributed by atoms with van der Waals surface area (Å²) in [6.45, 7) is 0. The fourth-order valence-corrected chi connectivity index (χ4v) is 1.66. The van der Waals surface area contributed by atoms with Gasteiger partial charge in [0.25, 0.3) is 6.43 Å². The summed E-state index contributed by atoms with van der Waals surface area (Å²) in [5.41, 5.74) is -3.86. The molecule has 0 N–H and O–H groups in total. The van der Waals surface area contributed by atoms with Gasteiger partial charge in [0.2, 0.25) is 5.88 Å². The molecule has 19 heavy (non-hydrogen) atoms. The molecule has 1 aromatic heterocycles. The molecular weight excluding hydrogens is 405 g/mol. The van der Waals surface area contributed by atoms with Crippen LogP contribution in [0.3, 0.4) is 0 Å². The Morgan fingerprint density at radius 1 is 1.11 bits per heavy atom. The summed E-state index contributed by atoms with van der Waals surface area (Å²) < 4.78 is 101. The molecule has 0 bridgehead atoms. The predicted octanol–water partition coefficient (Wildman–Crippen LogP) is 4.54. The summed E-state index contributed by atoms with van der Waals surface area (Å²) in [7, 11) is 0. The number of pyridine rings is 1. The van der Waals surface area contributed by atoms with E-state index < -0.39 is 39.7 Å². The average molecular weight is 407 g/mol. The van der Waals surface area contributed by atoms with E-state index in [1.54, 1.807) is 0 Å². The molecule has 0 aliphatic carbocycles. The first-order chi connectivity index (χ1) is 8.42. The third kappa shape index (κ3) is 4.31. The van der Waals surface area contributed by atoms with Crippen LogP contribution >= 0.6 is 22.6 Å². The zero-order valence-corrected chi connectivity index (χ0v) is 10.6. The summed E-state index contributed by atoms with van der Waals surface area (Å²) in [5, 5.41) is 0. The Morgan fingerprint density at radius 2 is 1.63 bits per heavy atom. The van der Waals surface area contributed by atoms with Crippen LogP contribution in [0.15, 0.2) is 6.07 Å². The summed E-state index contributed by atoms with van der Waals surface area (Å²) in [6, 6.07) is 0.214. The maximum atomic E-state index is 12.5. The summed E-state index contributed by atoms with van der Waals surface area (Å²) in [6.07, 6.45) is -14.5. The predicted molar refractivity (Wildman–Crippen MR) is 53.6 cm³/mol. The molecule has 0 fully saturated rings. The van der Waals surface area contributed by atoms with Gasteiger partial charge < -0.3 is 4.74 Å². The lowest BCUT2D eigenvalue weighted by atomic mass is 10.1. The van der Waals surface area contributed by atoms with Crippen LogP contribution in [-0.4, -0.2) is 11.3 Å². The van der Waals surface area contributed by atoms with Crippen LogP contribution in [-0.2, 0) is 6.18 Å². The van der Waals surface area contributed by atoms with Crippen LogP contribution in [0.1, 0.15) is 17.6 Å². The smallest absolute Gasteiger partial charge is 0.387 e. The highest BCUT2D eigenvalue weighted by atomic mass is 127. The number of hydrogen-bond acceptors (Lipinski definition) is 2. The molecule has 108 valence electrons. The van der Waals surface area contributed by atoms with Crippen LogP contribution in [0.4, 0.5) is 35.1 Å². The second-order valence-electron chi connectivity index (χ2n) is 3.06. The van der Waals surface area contributed by atoms with E-state index in [0.29, 0.717) is 0 Å². The highest BCUT2D eigenvalue weighted by Crippen LogP contribution is 2.42. The highest BCUT2D eigenvalue weighted by Gasteiger charge is 2.41. The molecule has 0 aliphatic heterocycles. The molecule has 0 saturated heterocycles. The molecule has 2 nitrogen and oxygen atoms in total. The number of hydrogen-bond donors (Lipinski definition) is 0. The number of ether oxygens (including phenoxy) is 1. The maximum absolute atomic E-state index is 12.5. The van der Waals surface area contributed by atoms with E-state index in [1.165, 1.54) is 0 Å². The van der Waals surface area contributed by atoms with Crippen LogP contribution in [0.2, 0.25) is 0 Å². The van der Waals surface area contributed by atoms with Gasteiger partial charge in [-0.1, -0.05) is 0 Å². The van der Waals surface area contributed by atoms with Gasteiger partial charge in [0, 0.05) is 0 Å². The van der Waals surface area contributed by atoms with Gasteiger partial charge in [-0.25, -0.2) is 13.8 Å². The number of aromatic nitrogens is 1. The van der Waals surface area contributed by atoms with Gasteiger partial charge in [-0.3, -0.25) is 0 Å². The largest absolute Gasteiger partial charge is 0.574 e. The first-order valence-corrected chi connectivity index (χ1v) is 5.31. The van der Waals surface area contributed by atoms with E-state index in [4.69, 9.17) is 0 Å². The fourth-order valence-electron chi connectivity index (χ4n) is 1.13. The zero-order valence-electron chi connectivity index (χ0n) is 8.41. The van der Waals surface area contributed by atoms with Crippen molar-refractivity contribution in [2.75, 3.05) is 0 Å². The van der Waals surface area contributed by atoms with Crippen molar-refractivity contribution in [2.24, 2.45) is 0 Å². The Hall–Kier alpha value is -0.880. The van der Waals surface area contributed by atoms with Crippen molar-refractivity contribution in [3.05, 3.63) is 20.9 Å². The lowest BCUT2D eigenvalue weighted by Crippen LogP contribution is -2.21. The molecule has 0 amide bonds. The minimum atomic E-state index is -5.43. The second kappa shape index (κ2) is 5.25. The van der Waals surface area contributed by atoms with Gasteiger partial charge in [0.15, 0.2) is 0 Å². The molecular formula is C8H2F8INO. The molecule has 1 rings (SSSR count). The normalized spacial score (nSPS) is 12.9. The van der Waals surface area contributed by atoms with E-state index in [0.717, 1.165) is 22.6 Å². The van der Waals surface area contributed by atoms with Gasteiger partial charge in [-0.05, 0) is 28.7 Å². The minimum absolute atomic E-state index is 0.214. The Kier molecular flexibility index (Phi) is 4.47. The maximum Gasteiger partial charge on any atom is 0.574 e. The third-order valence-corrected chi connectivity index (χ3v) is 2.28. The van der Waals surface area contributed by atoms with Crippen molar-refractivity contribution in [1.82, 2.24) is 4.98 Å². The van der Waals surface area contributed by atoms with E-state index >= 15 is 0 Å². The van der Waals surface area contributed by atoms with Crippen LogP contribution in [0, 0.1) is 3.70 Å². The van der Waals surface area contributed by atoms with Crippen LogP contribution in [0.5, 0.6) is 5.88 Å². The molecule has 1 aromatic rings. The van der Waals surface area contributed by atoms with E-state index in [2.05, 4.69) is 9.72 Å². The summed E-state index contributed by atoms with van der Waals surface area (Å²) in [4.78, 5) is 2.92. The van der Waals surface area contributed by atoms with Crippen LogP contribution < -0.4 is 4.74 Å². The minimum Gasteiger partial charge on any atom is -0.387 e. The molecule has 0 atom stereocenters. The van der Waals surface area contributed by atoms with Gasteiger partial charge >= 0.3 is 12.5 Å². The molecule has 11 heteroatoms. The Labute approximate surface area is 113 Å². The van der Waals surface area contributed by atoms with Crippen molar-refractivity contribution in [3.63, 3.8) is 0 Å². The SMILES string of the molecule is FC(F)c1c(C(F)(F)F)cc(I)nc1OC(F)(F)F. The molecule has 1 heterocycles. The number of nitrogens with zero attached hydrogens (tertiary/aromatic N) is 1. The Morgan fingerprint density at radius 3 is 2.00 bits per heavy atom. The van der Waals surface area contributed by atoms with Crippen molar-refractivity contribution in [1.29, 1.82) is 0 Å². The van der Waals surface area contributed by atoms with Crippen LogP contribution in [0.25, 0.3) is 0 Å². The molecule has 0 saturated carbocycles. The molecule has 0 spiro atoms. The molecule has 0 radical (unpaired) electrons. The third-order valence-electron chi connectivity index (χ3n) is 1.73. The lowest BCUT2D eigenvalue weighted by Gasteiger charge is -2.17. The number of rotatable bonds is 2. The monoisotopic (exact) mass is 407 g/mol. The van der Waals surface area contributed by atoms with Gasteiger partial charge in [0.1, 0.15) is 3.70 Å². The fraction of sp³-hybridized carbons (Fsp3) is 0.375. The van der Waals surface area contributed by atoms with E-state index in [1.807, 2.05) is 0 Å². The van der Waals surface area contributed by atoms with Crippen molar-refractivity contribution in [2.45, 2.75) is 19.0 Å². The van der Waals surface area contributed by atoms with E-state index in [-0.39, 0.29) is 6.07 Å². The highest BCUT2D eigenvalue weighted by molar-refractivity contribution is 14.1. The van der Waals surface area contributed by atoms with Crippen molar-refractivity contribution >= 4 is 22.6 Å². The molecule has 0 unspecified atom stereocenters. The standard InChI is InChI=1S/C8H2F8INO/c9-5(10)4-2(7(11,12)13)1-3(17)18-6(4)19-8(14,15)16/h1,5H. The average Bonchev–Trinajstić information content (AvgIpc) is 2.11. The second-order valence-corrected chi connectivity index (χ2v) is 4.16. The topological polar surface area (TPSA) is 22.1 Å². The Bertz CT molecular complexity index is 469. The summed E-state index contributed by atoms with van der Waals surface area (Å²) >= 11 is 1.16. The first kappa shape index (κ1) is 16.2. The van der Waals surface area contributed by atoms with Gasteiger partial charge in [-0.15, -0.1) is 13.2 Å². The molecule has 0 aromatic carbocycles. The molecule has 0 aliphatic rings. The van der Waals surface area contributed by atoms with Gasteiger partial charge in [-0.2, -0.15) is 13.2 Å². The lowest BCUT2D eigenvalue weighted by molar-refractivity contribution is -0.277. The first-order valence-electron chi connectivity index (χ1n) is 4.23. The number of alkyl halides is 8. The zero-order chi connectivity index (χ0) is 15.0. The van der Waals surface area contributed by atoms with Gasteiger partial charge in [0.05, 0.1) is 11.1 Å². The summed E-state index contributed by atoms with van der Waals surface area (Å²) in [5.74, 6) is -1.80.